The van der Waals surface area contributed by atoms with Gasteiger partial charge in [0.25, 0.3) is 5.91 Å². The second kappa shape index (κ2) is 5.64. The molecule has 2 atom stereocenters. The van der Waals surface area contributed by atoms with Gasteiger partial charge in [0.05, 0.1) is 5.25 Å². The number of fused-ring (bicyclic) bond motifs is 5. The summed E-state index contributed by atoms with van der Waals surface area (Å²) < 4.78 is 6.02. The summed E-state index contributed by atoms with van der Waals surface area (Å²) in [6.45, 7) is 1.85. The number of para-hydroxylation sites is 2. The highest BCUT2D eigenvalue weighted by molar-refractivity contribution is 8.03. The van der Waals surface area contributed by atoms with Gasteiger partial charge in [-0.25, -0.2) is 0 Å². The van der Waals surface area contributed by atoms with Gasteiger partial charge in [-0.15, -0.1) is 11.8 Å². The van der Waals surface area contributed by atoms with Crippen LogP contribution in [0.15, 0.2) is 71.1 Å². The van der Waals surface area contributed by atoms with Crippen LogP contribution in [-0.4, -0.2) is 17.1 Å². The van der Waals surface area contributed by atoms with Crippen LogP contribution in [0, 0.1) is 0 Å². The fourth-order valence-electron chi connectivity index (χ4n) is 4.41. The topological polar surface area (TPSA) is 62.6 Å². The first kappa shape index (κ1) is 16.7. The summed E-state index contributed by atoms with van der Waals surface area (Å²) in [5.74, 6) is -0.275. The maximum atomic E-state index is 13.2. The van der Waals surface area contributed by atoms with Crippen LogP contribution in [0.4, 0.5) is 11.4 Å². The maximum absolute atomic E-state index is 13.2. The molecule has 1 N–H and O–H groups in total. The average molecular weight is 400 g/mol. The molecule has 1 spiro atoms. The molecule has 2 amide bonds. The van der Waals surface area contributed by atoms with Crippen LogP contribution >= 0.6 is 11.8 Å². The quantitative estimate of drug-likeness (QED) is 0.496. The van der Waals surface area contributed by atoms with E-state index in [0.29, 0.717) is 11.3 Å². The van der Waals surface area contributed by atoms with Gasteiger partial charge in [0, 0.05) is 33.8 Å². The van der Waals surface area contributed by atoms with Crippen LogP contribution in [-0.2, 0) is 14.5 Å². The first-order chi connectivity index (χ1) is 14.1. The summed E-state index contributed by atoms with van der Waals surface area (Å²) in [6, 6.07) is 21.1. The van der Waals surface area contributed by atoms with E-state index in [1.165, 1.54) is 11.8 Å². The number of rotatable bonds is 1. The predicted molar refractivity (Wildman–Crippen MR) is 115 cm³/mol. The molecule has 29 heavy (non-hydrogen) atoms. The standard InChI is InChI=1S/C23H16N2O3S/c1-13-21(26)25(23(29-13)17-7-3-4-8-18(17)24-22(23)27)14-10-11-16-15-6-2-5-9-19(15)28-20(16)12-14/h2-13H,1H3,(H,24,27)/t13-,23+/m1/s1. The zero-order valence-electron chi connectivity index (χ0n) is 15.5. The monoisotopic (exact) mass is 400 g/mol. The molecule has 6 rings (SSSR count). The highest BCUT2D eigenvalue weighted by Crippen LogP contribution is 2.56. The van der Waals surface area contributed by atoms with Gasteiger partial charge in [0.2, 0.25) is 10.8 Å². The second-order valence-electron chi connectivity index (χ2n) is 7.36. The van der Waals surface area contributed by atoms with E-state index in [4.69, 9.17) is 4.42 Å². The van der Waals surface area contributed by atoms with Crippen molar-refractivity contribution in [1.29, 1.82) is 0 Å². The molecule has 6 heteroatoms. The third kappa shape index (κ3) is 2.07. The molecule has 4 aromatic rings. The zero-order valence-corrected chi connectivity index (χ0v) is 16.3. The van der Waals surface area contributed by atoms with Crippen LogP contribution < -0.4 is 10.2 Å². The Bertz CT molecular complexity index is 1340. The molecule has 1 fully saturated rings. The molecule has 0 radical (unpaired) electrons. The Morgan fingerprint density at radius 1 is 0.966 bits per heavy atom. The van der Waals surface area contributed by atoms with Crippen LogP contribution in [0.5, 0.6) is 0 Å². The zero-order chi connectivity index (χ0) is 19.8. The molecular weight excluding hydrogens is 384 g/mol. The Hall–Kier alpha value is -3.25. The number of amides is 2. The SMILES string of the molecule is C[C@H]1S[C@@]2(C(=O)Nc3ccccc32)N(c2ccc3c(c2)oc2ccccc23)C1=O. The van der Waals surface area contributed by atoms with Gasteiger partial charge in [-0.3, -0.25) is 14.5 Å². The molecule has 0 unspecified atom stereocenters. The fraction of sp³-hybridized carbons (Fsp3) is 0.130. The van der Waals surface area contributed by atoms with Crippen molar-refractivity contribution in [1.82, 2.24) is 0 Å². The van der Waals surface area contributed by atoms with Gasteiger partial charge in [-0.2, -0.15) is 0 Å². The molecule has 142 valence electrons. The van der Waals surface area contributed by atoms with Crippen molar-refractivity contribution in [3.05, 3.63) is 72.3 Å². The number of nitrogens with zero attached hydrogens (tertiary/aromatic N) is 1. The van der Waals surface area contributed by atoms with E-state index in [1.54, 1.807) is 4.90 Å². The van der Waals surface area contributed by atoms with Crippen molar-refractivity contribution >= 4 is 56.9 Å². The van der Waals surface area contributed by atoms with Crippen LogP contribution in [0.25, 0.3) is 21.9 Å². The van der Waals surface area contributed by atoms with E-state index in [1.807, 2.05) is 73.7 Å². The predicted octanol–water partition coefficient (Wildman–Crippen LogP) is 4.86. The van der Waals surface area contributed by atoms with Gasteiger partial charge >= 0.3 is 0 Å². The normalized spacial score (nSPS) is 23.3. The van der Waals surface area contributed by atoms with E-state index in [2.05, 4.69) is 5.32 Å². The molecule has 2 aliphatic rings. The van der Waals surface area contributed by atoms with Gasteiger partial charge < -0.3 is 9.73 Å². The van der Waals surface area contributed by atoms with Gasteiger partial charge in [-0.1, -0.05) is 36.4 Å². The fourth-order valence-corrected chi connectivity index (χ4v) is 5.90. The van der Waals surface area contributed by atoms with E-state index < -0.39 is 4.87 Å². The smallest absolute Gasteiger partial charge is 0.266 e. The lowest BCUT2D eigenvalue weighted by Crippen LogP contribution is -2.47. The van der Waals surface area contributed by atoms with Crippen LogP contribution in [0.3, 0.4) is 0 Å². The second-order valence-corrected chi connectivity index (χ2v) is 8.89. The number of hydrogen-bond acceptors (Lipinski definition) is 4. The molecule has 1 aromatic heterocycles. The average Bonchev–Trinajstić information content (AvgIpc) is 3.32. The first-order valence-corrected chi connectivity index (χ1v) is 10.3. The molecule has 2 aliphatic heterocycles. The Morgan fingerprint density at radius 3 is 2.62 bits per heavy atom. The lowest BCUT2D eigenvalue weighted by atomic mass is 10.0. The van der Waals surface area contributed by atoms with Gasteiger partial charge in [0.1, 0.15) is 11.2 Å². The summed E-state index contributed by atoms with van der Waals surface area (Å²) in [7, 11) is 0. The Morgan fingerprint density at radius 2 is 1.72 bits per heavy atom. The number of thioether (sulfide) groups is 1. The highest BCUT2D eigenvalue weighted by atomic mass is 32.2. The van der Waals surface area contributed by atoms with Gasteiger partial charge in [-0.05, 0) is 31.2 Å². The third-order valence-electron chi connectivity index (χ3n) is 5.70. The lowest BCUT2D eigenvalue weighted by molar-refractivity contribution is -0.122. The summed E-state index contributed by atoms with van der Waals surface area (Å²) >= 11 is 1.38. The Labute approximate surface area is 170 Å². The molecule has 0 aliphatic carbocycles. The van der Waals surface area contributed by atoms with E-state index in [0.717, 1.165) is 27.6 Å². The molecule has 5 nitrogen and oxygen atoms in total. The highest BCUT2D eigenvalue weighted by Gasteiger charge is 2.60. The Balaban J connectivity index is 1.59. The van der Waals surface area contributed by atoms with Crippen LogP contribution in [0.2, 0.25) is 0 Å². The van der Waals surface area contributed by atoms with Gasteiger partial charge in [0.15, 0.2) is 0 Å². The number of nitrogens with one attached hydrogen (secondary N) is 1. The number of anilines is 2. The summed E-state index contributed by atoms with van der Waals surface area (Å²) in [5.41, 5.74) is 3.72. The summed E-state index contributed by atoms with van der Waals surface area (Å²) in [5, 5.41) is 4.64. The lowest BCUT2D eigenvalue weighted by Gasteiger charge is -2.32. The number of carbonyl (C=O) groups is 2. The molecule has 3 heterocycles. The van der Waals surface area contributed by atoms with Crippen molar-refractivity contribution in [2.24, 2.45) is 0 Å². The molecule has 0 bridgehead atoms. The van der Waals surface area contributed by atoms with Crippen molar-refractivity contribution in [3.8, 4) is 0 Å². The summed E-state index contributed by atoms with van der Waals surface area (Å²) in [4.78, 5) is 26.9. The largest absolute Gasteiger partial charge is 0.456 e. The van der Waals surface area contributed by atoms with Crippen LogP contribution in [0.1, 0.15) is 12.5 Å². The van der Waals surface area contributed by atoms with E-state index in [9.17, 15) is 9.59 Å². The minimum atomic E-state index is -1.10. The third-order valence-corrected chi connectivity index (χ3v) is 7.18. The van der Waals surface area contributed by atoms with Crippen molar-refractivity contribution in [2.45, 2.75) is 17.0 Å². The molecule has 3 aromatic carbocycles. The molecular formula is C23H16N2O3S. The number of carbonyl (C=O) groups excluding carboxylic acids is 2. The molecule has 1 saturated heterocycles. The van der Waals surface area contributed by atoms with Crippen molar-refractivity contribution in [3.63, 3.8) is 0 Å². The minimum Gasteiger partial charge on any atom is -0.456 e. The summed E-state index contributed by atoms with van der Waals surface area (Å²) in [6.07, 6.45) is 0. The van der Waals surface area contributed by atoms with Crippen molar-refractivity contribution < 1.29 is 14.0 Å². The Kier molecular flexibility index (Phi) is 3.24. The van der Waals surface area contributed by atoms with E-state index in [-0.39, 0.29) is 17.1 Å². The van der Waals surface area contributed by atoms with Crippen molar-refractivity contribution in [2.75, 3.05) is 10.2 Å². The number of benzene rings is 3. The minimum absolute atomic E-state index is 0.0858. The maximum Gasteiger partial charge on any atom is 0.266 e. The number of hydrogen-bond donors (Lipinski definition) is 1. The van der Waals surface area contributed by atoms with E-state index >= 15 is 0 Å². The first-order valence-electron chi connectivity index (χ1n) is 9.44. The number of furan rings is 1. The molecule has 0 saturated carbocycles.